The molecule has 21 heavy (non-hydrogen) atoms. The fourth-order valence-electron chi connectivity index (χ4n) is 2.20. The topological polar surface area (TPSA) is 34.1 Å². The van der Waals surface area contributed by atoms with E-state index < -0.39 is 15.1 Å². The van der Waals surface area contributed by atoms with E-state index in [2.05, 4.69) is 6.58 Å². The van der Waals surface area contributed by atoms with Gasteiger partial charge in [0.25, 0.3) is 0 Å². The molecular formula is C17H17ClO2S. The lowest BCUT2D eigenvalue weighted by atomic mass is 10.1. The Morgan fingerprint density at radius 1 is 1.05 bits per heavy atom. The molecule has 0 aliphatic heterocycles. The average Bonchev–Trinajstić information content (AvgIpc) is 2.48. The third kappa shape index (κ3) is 3.96. The molecule has 0 heterocycles. The molecule has 0 aliphatic rings. The van der Waals surface area contributed by atoms with Crippen LogP contribution in [0.5, 0.6) is 0 Å². The Bertz CT molecular complexity index is 691. The molecule has 0 radical (unpaired) electrons. The number of allylic oxidation sites excluding steroid dienone is 1. The van der Waals surface area contributed by atoms with Gasteiger partial charge in [0.05, 0.1) is 10.1 Å². The summed E-state index contributed by atoms with van der Waals surface area (Å²) in [4.78, 5) is 0.301. The van der Waals surface area contributed by atoms with Crippen LogP contribution in [0.4, 0.5) is 0 Å². The van der Waals surface area contributed by atoms with Gasteiger partial charge in [0, 0.05) is 5.02 Å². The second-order valence-corrected chi connectivity index (χ2v) is 7.50. The molecule has 0 amide bonds. The molecular weight excluding hydrogens is 304 g/mol. The second-order valence-electron chi connectivity index (χ2n) is 4.84. The van der Waals surface area contributed by atoms with Crippen molar-refractivity contribution in [2.45, 2.75) is 23.0 Å². The van der Waals surface area contributed by atoms with E-state index in [9.17, 15) is 8.42 Å². The SMILES string of the molecule is C=CCC(Cc1ccccc1)S(=O)(=O)c1ccc(Cl)cc1. The standard InChI is InChI=1S/C17H17ClO2S/c1-2-6-17(13-14-7-4-3-5-8-14)21(19,20)16-11-9-15(18)10-12-16/h2-5,7-12,17H,1,6,13H2. The van der Waals surface area contributed by atoms with Gasteiger partial charge in [-0.15, -0.1) is 6.58 Å². The summed E-state index contributed by atoms with van der Waals surface area (Å²) in [5, 5.41) is 0.0101. The van der Waals surface area contributed by atoms with Crippen LogP contribution in [0, 0.1) is 0 Å². The minimum atomic E-state index is -3.41. The zero-order valence-corrected chi connectivity index (χ0v) is 13.1. The van der Waals surface area contributed by atoms with Crippen molar-refractivity contribution in [3.8, 4) is 0 Å². The van der Waals surface area contributed by atoms with Crippen LogP contribution in [-0.2, 0) is 16.3 Å². The van der Waals surface area contributed by atoms with Gasteiger partial charge in [-0.1, -0.05) is 48.0 Å². The maximum Gasteiger partial charge on any atom is 0.181 e. The second kappa shape index (κ2) is 6.92. The molecule has 0 saturated heterocycles. The van der Waals surface area contributed by atoms with E-state index in [0.29, 0.717) is 22.8 Å². The van der Waals surface area contributed by atoms with Crippen LogP contribution in [0.1, 0.15) is 12.0 Å². The van der Waals surface area contributed by atoms with Gasteiger partial charge in [-0.25, -0.2) is 8.42 Å². The third-order valence-electron chi connectivity index (χ3n) is 3.32. The predicted molar refractivity (Wildman–Crippen MR) is 87.4 cm³/mol. The summed E-state index contributed by atoms with van der Waals surface area (Å²) >= 11 is 5.82. The number of rotatable bonds is 6. The molecule has 2 aromatic rings. The van der Waals surface area contributed by atoms with Crippen LogP contribution in [0.25, 0.3) is 0 Å². The molecule has 2 rings (SSSR count). The lowest BCUT2D eigenvalue weighted by molar-refractivity contribution is 0.577. The first-order valence-corrected chi connectivity index (χ1v) is 8.61. The van der Waals surface area contributed by atoms with Crippen LogP contribution in [0.2, 0.25) is 5.02 Å². The van der Waals surface area contributed by atoms with E-state index in [1.165, 1.54) is 0 Å². The van der Waals surface area contributed by atoms with Gasteiger partial charge >= 0.3 is 0 Å². The molecule has 0 saturated carbocycles. The highest BCUT2D eigenvalue weighted by molar-refractivity contribution is 7.92. The summed E-state index contributed by atoms with van der Waals surface area (Å²) in [6.45, 7) is 3.68. The van der Waals surface area contributed by atoms with E-state index in [1.807, 2.05) is 30.3 Å². The Hall–Kier alpha value is -1.58. The first-order valence-electron chi connectivity index (χ1n) is 6.68. The highest BCUT2D eigenvalue weighted by Crippen LogP contribution is 2.23. The molecule has 0 fully saturated rings. The van der Waals surface area contributed by atoms with Crippen LogP contribution < -0.4 is 0 Å². The van der Waals surface area contributed by atoms with Crippen LogP contribution in [0.3, 0.4) is 0 Å². The average molecular weight is 321 g/mol. The Morgan fingerprint density at radius 3 is 2.24 bits per heavy atom. The molecule has 1 atom stereocenters. The normalized spacial score (nSPS) is 12.8. The maximum absolute atomic E-state index is 12.7. The lowest BCUT2D eigenvalue weighted by Crippen LogP contribution is -2.23. The molecule has 0 spiro atoms. The largest absolute Gasteiger partial charge is 0.223 e. The van der Waals surface area contributed by atoms with E-state index in [-0.39, 0.29) is 0 Å². The minimum Gasteiger partial charge on any atom is -0.223 e. The predicted octanol–water partition coefficient (Wildman–Crippen LogP) is 4.30. The van der Waals surface area contributed by atoms with Gasteiger partial charge in [-0.2, -0.15) is 0 Å². The zero-order valence-electron chi connectivity index (χ0n) is 11.6. The smallest absolute Gasteiger partial charge is 0.181 e. The van der Waals surface area contributed by atoms with Crippen molar-refractivity contribution in [3.63, 3.8) is 0 Å². The molecule has 2 aromatic carbocycles. The fourth-order valence-corrected chi connectivity index (χ4v) is 4.03. The third-order valence-corrected chi connectivity index (χ3v) is 5.73. The molecule has 0 N–H and O–H groups in total. The van der Waals surface area contributed by atoms with E-state index in [0.717, 1.165) is 5.56 Å². The van der Waals surface area contributed by atoms with Crippen molar-refractivity contribution < 1.29 is 8.42 Å². The minimum absolute atomic E-state index is 0.301. The number of hydrogen-bond donors (Lipinski definition) is 0. The van der Waals surface area contributed by atoms with Gasteiger partial charge in [-0.05, 0) is 42.7 Å². The quantitative estimate of drug-likeness (QED) is 0.744. The van der Waals surface area contributed by atoms with Gasteiger partial charge < -0.3 is 0 Å². The summed E-state index contributed by atoms with van der Waals surface area (Å²) in [5.74, 6) is 0. The van der Waals surface area contributed by atoms with Crippen molar-refractivity contribution in [1.82, 2.24) is 0 Å². The molecule has 0 aromatic heterocycles. The van der Waals surface area contributed by atoms with Crippen molar-refractivity contribution in [1.29, 1.82) is 0 Å². The summed E-state index contributed by atoms with van der Waals surface area (Å²) < 4.78 is 25.5. The first kappa shape index (κ1) is 15.8. The van der Waals surface area contributed by atoms with Crippen LogP contribution in [-0.4, -0.2) is 13.7 Å². The number of sulfone groups is 1. The molecule has 110 valence electrons. The van der Waals surface area contributed by atoms with E-state index >= 15 is 0 Å². The molecule has 0 aliphatic carbocycles. The first-order chi connectivity index (χ1) is 10.0. The fraction of sp³-hybridized carbons (Fsp3) is 0.176. The Labute approximate surface area is 131 Å². The van der Waals surface area contributed by atoms with E-state index in [4.69, 9.17) is 11.6 Å². The van der Waals surface area contributed by atoms with Crippen LogP contribution in [0.15, 0.2) is 72.1 Å². The molecule has 2 nitrogen and oxygen atoms in total. The molecule has 1 unspecified atom stereocenters. The maximum atomic E-state index is 12.7. The zero-order chi connectivity index (χ0) is 15.3. The van der Waals surface area contributed by atoms with Gasteiger partial charge in [0.2, 0.25) is 0 Å². The van der Waals surface area contributed by atoms with E-state index in [1.54, 1.807) is 30.3 Å². The Morgan fingerprint density at radius 2 is 1.67 bits per heavy atom. The number of halogens is 1. The monoisotopic (exact) mass is 320 g/mol. The van der Waals surface area contributed by atoms with Crippen molar-refractivity contribution in [2.24, 2.45) is 0 Å². The molecule has 0 bridgehead atoms. The highest BCUT2D eigenvalue weighted by Gasteiger charge is 2.26. The number of hydrogen-bond acceptors (Lipinski definition) is 2. The van der Waals surface area contributed by atoms with Gasteiger partial charge in [0.15, 0.2) is 9.84 Å². The Kier molecular flexibility index (Phi) is 5.21. The van der Waals surface area contributed by atoms with Crippen LogP contribution >= 0.6 is 11.6 Å². The van der Waals surface area contributed by atoms with Crippen molar-refractivity contribution >= 4 is 21.4 Å². The molecule has 4 heteroatoms. The Balaban J connectivity index is 2.32. The summed E-state index contributed by atoms with van der Waals surface area (Å²) in [7, 11) is -3.41. The summed E-state index contributed by atoms with van der Waals surface area (Å²) in [5.41, 5.74) is 1.00. The summed E-state index contributed by atoms with van der Waals surface area (Å²) in [6, 6.07) is 15.9. The lowest BCUT2D eigenvalue weighted by Gasteiger charge is -2.16. The highest BCUT2D eigenvalue weighted by atomic mass is 35.5. The summed E-state index contributed by atoms with van der Waals surface area (Å²) in [6.07, 6.45) is 2.54. The van der Waals surface area contributed by atoms with Crippen molar-refractivity contribution in [3.05, 3.63) is 77.8 Å². The van der Waals surface area contributed by atoms with Crippen molar-refractivity contribution in [2.75, 3.05) is 0 Å². The van der Waals surface area contributed by atoms with Gasteiger partial charge in [0.1, 0.15) is 0 Å². The number of benzene rings is 2. The van der Waals surface area contributed by atoms with Gasteiger partial charge in [-0.3, -0.25) is 0 Å².